The van der Waals surface area contributed by atoms with Crippen molar-refractivity contribution in [3.8, 4) is 6.07 Å². The lowest BCUT2D eigenvalue weighted by molar-refractivity contribution is 0.478. The van der Waals surface area contributed by atoms with Crippen LogP contribution in [0.2, 0.25) is 0 Å². The van der Waals surface area contributed by atoms with Gasteiger partial charge in [0.05, 0.1) is 11.3 Å². The summed E-state index contributed by atoms with van der Waals surface area (Å²) in [4.78, 5) is 0. The summed E-state index contributed by atoms with van der Waals surface area (Å²) in [5.41, 5.74) is 0. The van der Waals surface area contributed by atoms with E-state index in [0.717, 1.165) is 19.3 Å². The summed E-state index contributed by atoms with van der Waals surface area (Å²) < 4.78 is 22.0. The normalized spacial score (nSPS) is 19.5. The number of nitriles is 1. The molecule has 4 heteroatoms. The molecule has 3 nitrogen and oxygen atoms in total. The molecule has 1 saturated carbocycles. The third kappa shape index (κ3) is 1.29. The van der Waals surface area contributed by atoms with Gasteiger partial charge in [-0.2, -0.15) is 5.26 Å². The first-order valence-corrected chi connectivity index (χ1v) is 4.97. The highest BCUT2D eigenvalue weighted by Crippen LogP contribution is 2.26. The molecule has 1 rings (SSSR count). The Bertz CT molecular complexity index is 245. The topological polar surface area (TPSA) is 57.9 Å². The molecule has 0 aromatic heterocycles. The average molecular weight is 159 g/mol. The van der Waals surface area contributed by atoms with Gasteiger partial charge < -0.3 is 0 Å². The van der Waals surface area contributed by atoms with Crippen molar-refractivity contribution in [2.45, 2.75) is 24.5 Å². The molecule has 0 bridgehead atoms. The predicted molar refractivity (Wildman–Crippen MR) is 37.0 cm³/mol. The summed E-state index contributed by atoms with van der Waals surface area (Å²) in [6, 6.07) is 1.67. The second-order valence-electron chi connectivity index (χ2n) is 2.52. The highest BCUT2D eigenvalue weighted by molar-refractivity contribution is 7.92. The molecule has 0 radical (unpaired) electrons. The third-order valence-electron chi connectivity index (χ3n) is 1.83. The Kier molecular flexibility index (Phi) is 1.95. The molecule has 0 unspecified atom stereocenters. The summed E-state index contributed by atoms with van der Waals surface area (Å²) in [5.74, 6) is -0.308. The first kappa shape index (κ1) is 7.55. The van der Waals surface area contributed by atoms with Gasteiger partial charge in [0.2, 0.25) is 0 Å². The summed E-state index contributed by atoms with van der Waals surface area (Å²) in [6.45, 7) is 0. The van der Waals surface area contributed by atoms with Gasteiger partial charge in [-0.3, -0.25) is 0 Å². The number of rotatable bonds is 2. The Balaban J connectivity index is 2.61. The molecule has 10 heavy (non-hydrogen) atoms. The summed E-state index contributed by atoms with van der Waals surface area (Å²) >= 11 is 0. The lowest BCUT2D eigenvalue weighted by Crippen LogP contribution is -2.29. The highest BCUT2D eigenvalue weighted by atomic mass is 32.2. The molecule has 0 N–H and O–H groups in total. The SMILES string of the molecule is N#CCS(=O)(=O)C1CCC1. The maximum atomic E-state index is 11.0. The van der Waals surface area contributed by atoms with E-state index < -0.39 is 9.84 Å². The smallest absolute Gasteiger partial charge is 0.166 e. The van der Waals surface area contributed by atoms with Crippen molar-refractivity contribution in [2.75, 3.05) is 5.75 Å². The van der Waals surface area contributed by atoms with Crippen molar-refractivity contribution >= 4 is 9.84 Å². The van der Waals surface area contributed by atoms with E-state index in [1.807, 2.05) is 0 Å². The lowest BCUT2D eigenvalue weighted by Gasteiger charge is -2.23. The Hall–Kier alpha value is -0.560. The quantitative estimate of drug-likeness (QED) is 0.588. The second kappa shape index (κ2) is 2.59. The molecule has 0 heterocycles. The number of sulfone groups is 1. The van der Waals surface area contributed by atoms with Gasteiger partial charge in [0, 0.05) is 0 Å². The van der Waals surface area contributed by atoms with Gasteiger partial charge in [-0.15, -0.1) is 0 Å². The maximum Gasteiger partial charge on any atom is 0.166 e. The minimum absolute atomic E-state index is 0.202. The molecule has 0 aromatic carbocycles. The highest BCUT2D eigenvalue weighted by Gasteiger charge is 2.30. The molecular formula is C6H9NO2S. The largest absolute Gasteiger partial charge is 0.227 e. The molecule has 56 valence electrons. The van der Waals surface area contributed by atoms with Crippen LogP contribution in [0.4, 0.5) is 0 Å². The van der Waals surface area contributed by atoms with E-state index in [-0.39, 0.29) is 11.0 Å². The molecule has 0 atom stereocenters. The average Bonchev–Trinajstić information content (AvgIpc) is 1.56. The van der Waals surface area contributed by atoms with Crippen LogP contribution >= 0.6 is 0 Å². The van der Waals surface area contributed by atoms with Crippen LogP contribution in [0.25, 0.3) is 0 Å². The zero-order valence-electron chi connectivity index (χ0n) is 5.58. The van der Waals surface area contributed by atoms with Crippen LogP contribution in [0.1, 0.15) is 19.3 Å². The molecule has 0 spiro atoms. The van der Waals surface area contributed by atoms with Crippen molar-refractivity contribution in [3.63, 3.8) is 0 Å². The van der Waals surface area contributed by atoms with Crippen LogP contribution in [0.5, 0.6) is 0 Å². The molecule has 0 aromatic rings. The summed E-state index contributed by atoms with van der Waals surface area (Å²) in [7, 11) is -3.03. The Labute approximate surface area is 60.6 Å². The molecule has 1 fully saturated rings. The van der Waals surface area contributed by atoms with E-state index in [9.17, 15) is 8.42 Å². The standard InChI is InChI=1S/C6H9NO2S/c7-4-5-10(8,9)6-2-1-3-6/h6H,1-3,5H2. The number of hydrogen-bond donors (Lipinski definition) is 0. The number of nitrogens with zero attached hydrogens (tertiary/aromatic N) is 1. The Morgan fingerprint density at radius 3 is 2.40 bits per heavy atom. The molecule has 0 amide bonds. The fraction of sp³-hybridized carbons (Fsp3) is 0.833. The van der Waals surface area contributed by atoms with E-state index in [1.54, 1.807) is 6.07 Å². The first-order chi connectivity index (χ1) is 4.67. The van der Waals surface area contributed by atoms with Crippen LogP contribution in [0.15, 0.2) is 0 Å². The van der Waals surface area contributed by atoms with Crippen LogP contribution in [-0.4, -0.2) is 19.4 Å². The zero-order valence-corrected chi connectivity index (χ0v) is 6.39. The van der Waals surface area contributed by atoms with Crippen molar-refractivity contribution in [2.24, 2.45) is 0 Å². The van der Waals surface area contributed by atoms with E-state index in [0.29, 0.717) is 0 Å². The van der Waals surface area contributed by atoms with Gasteiger partial charge in [0.25, 0.3) is 0 Å². The molecular weight excluding hydrogens is 150 g/mol. The predicted octanol–water partition coefficient (Wildman–Crippen LogP) is 0.477. The second-order valence-corrected chi connectivity index (χ2v) is 4.80. The number of hydrogen-bond acceptors (Lipinski definition) is 3. The van der Waals surface area contributed by atoms with Gasteiger partial charge in [-0.1, -0.05) is 6.42 Å². The van der Waals surface area contributed by atoms with E-state index in [1.165, 1.54) is 0 Å². The minimum atomic E-state index is -3.03. The van der Waals surface area contributed by atoms with Gasteiger partial charge in [0.15, 0.2) is 9.84 Å². The van der Waals surface area contributed by atoms with Crippen LogP contribution < -0.4 is 0 Å². The van der Waals surface area contributed by atoms with Crippen LogP contribution in [0, 0.1) is 11.3 Å². The third-order valence-corrected chi connectivity index (χ3v) is 3.84. The van der Waals surface area contributed by atoms with Crippen LogP contribution in [0.3, 0.4) is 0 Å². The lowest BCUT2D eigenvalue weighted by atomic mass is 10.0. The zero-order chi connectivity index (χ0) is 7.61. The Morgan fingerprint density at radius 2 is 2.10 bits per heavy atom. The monoisotopic (exact) mass is 159 g/mol. The summed E-state index contributed by atoms with van der Waals surface area (Å²) in [6.07, 6.45) is 2.50. The molecule has 0 aliphatic heterocycles. The van der Waals surface area contributed by atoms with Gasteiger partial charge >= 0.3 is 0 Å². The van der Waals surface area contributed by atoms with E-state index >= 15 is 0 Å². The molecule has 0 saturated heterocycles. The Morgan fingerprint density at radius 1 is 1.50 bits per heavy atom. The van der Waals surface area contributed by atoms with Crippen molar-refractivity contribution < 1.29 is 8.42 Å². The molecule has 1 aliphatic rings. The van der Waals surface area contributed by atoms with Gasteiger partial charge in [-0.25, -0.2) is 8.42 Å². The molecule has 1 aliphatic carbocycles. The van der Waals surface area contributed by atoms with Gasteiger partial charge in [0.1, 0.15) is 5.75 Å². The van der Waals surface area contributed by atoms with Crippen LogP contribution in [-0.2, 0) is 9.84 Å². The fourth-order valence-electron chi connectivity index (χ4n) is 0.938. The van der Waals surface area contributed by atoms with Crippen molar-refractivity contribution in [1.82, 2.24) is 0 Å². The van der Waals surface area contributed by atoms with Crippen molar-refractivity contribution in [1.29, 1.82) is 5.26 Å². The first-order valence-electron chi connectivity index (χ1n) is 3.25. The van der Waals surface area contributed by atoms with Gasteiger partial charge in [-0.05, 0) is 12.8 Å². The van der Waals surface area contributed by atoms with E-state index in [2.05, 4.69) is 0 Å². The van der Waals surface area contributed by atoms with Crippen molar-refractivity contribution in [3.05, 3.63) is 0 Å². The van der Waals surface area contributed by atoms with E-state index in [4.69, 9.17) is 5.26 Å². The maximum absolute atomic E-state index is 11.0. The summed E-state index contributed by atoms with van der Waals surface area (Å²) in [5, 5.41) is 7.94. The fourth-order valence-corrected chi connectivity index (χ4v) is 2.40. The minimum Gasteiger partial charge on any atom is -0.227 e.